The van der Waals surface area contributed by atoms with Crippen LogP contribution in [0.5, 0.6) is 5.75 Å². The van der Waals surface area contributed by atoms with E-state index in [1.54, 1.807) is 0 Å². The van der Waals surface area contributed by atoms with Gasteiger partial charge in [0.2, 0.25) is 0 Å². The van der Waals surface area contributed by atoms with Crippen LogP contribution in [-0.2, 0) is 5.33 Å². The predicted molar refractivity (Wildman–Crippen MR) is 84.8 cm³/mol. The standard InChI is InChI=1S/C17H17BrO/c1-2-3-4-7-12-19-17-11-10-14-8-5-6-9-15(14)16(17)13-18/h1,5-6,8-11H,3-4,7,12-13H2. The zero-order chi connectivity index (χ0) is 13.5. The van der Waals surface area contributed by atoms with Gasteiger partial charge in [-0.2, -0.15) is 0 Å². The van der Waals surface area contributed by atoms with Crippen molar-refractivity contribution in [3.63, 3.8) is 0 Å². The number of hydrogen-bond donors (Lipinski definition) is 0. The SMILES string of the molecule is C#CCCCCOc1ccc2ccccc2c1CBr. The Labute approximate surface area is 123 Å². The fourth-order valence-electron chi connectivity index (χ4n) is 2.10. The lowest BCUT2D eigenvalue weighted by Gasteiger charge is -2.12. The first kappa shape index (κ1) is 14.0. The summed E-state index contributed by atoms with van der Waals surface area (Å²) >= 11 is 3.56. The normalized spacial score (nSPS) is 10.3. The molecule has 0 bridgehead atoms. The summed E-state index contributed by atoms with van der Waals surface area (Å²) in [6.07, 6.45) is 8.08. The third kappa shape index (κ3) is 3.52. The summed E-state index contributed by atoms with van der Waals surface area (Å²) in [6, 6.07) is 12.5. The summed E-state index contributed by atoms with van der Waals surface area (Å²) in [6.45, 7) is 0.722. The molecule has 98 valence electrons. The molecule has 0 heterocycles. The summed E-state index contributed by atoms with van der Waals surface area (Å²) in [5, 5.41) is 3.30. The van der Waals surface area contributed by atoms with Crippen LogP contribution in [0.3, 0.4) is 0 Å². The molecule has 0 saturated heterocycles. The maximum atomic E-state index is 5.88. The summed E-state index contributed by atoms with van der Waals surface area (Å²) in [5.41, 5.74) is 1.22. The van der Waals surface area contributed by atoms with Gasteiger partial charge in [0.1, 0.15) is 5.75 Å². The third-order valence-electron chi connectivity index (χ3n) is 3.10. The minimum Gasteiger partial charge on any atom is -0.493 e. The molecule has 0 saturated carbocycles. The van der Waals surface area contributed by atoms with E-state index >= 15 is 0 Å². The van der Waals surface area contributed by atoms with Crippen molar-refractivity contribution in [1.29, 1.82) is 0 Å². The molecule has 0 N–H and O–H groups in total. The van der Waals surface area contributed by atoms with Crippen LogP contribution in [0.25, 0.3) is 10.8 Å². The van der Waals surface area contributed by atoms with E-state index in [4.69, 9.17) is 11.2 Å². The Hall–Kier alpha value is -1.46. The molecule has 1 nitrogen and oxygen atoms in total. The molecule has 0 radical (unpaired) electrons. The second-order valence-corrected chi connectivity index (χ2v) is 4.97. The molecule has 0 unspecified atom stereocenters. The van der Waals surface area contributed by atoms with E-state index in [0.29, 0.717) is 0 Å². The van der Waals surface area contributed by atoms with Gasteiger partial charge in [-0.3, -0.25) is 0 Å². The van der Waals surface area contributed by atoms with Crippen LogP contribution in [0.1, 0.15) is 24.8 Å². The molecule has 2 aromatic rings. The Balaban J connectivity index is 2.12. The first-order valence-corrected chi connectivity index (χ1v) is 7.62. The summed E-state index contributed by atoms with van der Waals surface area (Å²) in [4.78, 5) is 0. The van der Waals surface area contributed by atoms with Gasteiger partial charge in [0.15, 0.2) is 0 Å². The van der Waals surface area contributed by atoms with Crippen molar-refractivity contribution < 1.29 is 4.74 Å². The van der Waals surface area contributed by atoms with Gasteiger partial charge in [-0.15, -0.1) is 12.3 Å². The van der Waals surface area contributed by atoms with Crippen molar-refractivity contribution in [1.82, 2.24) is 0 Å². The zero-order valence-corrected chi connectivity index (χ0v) is 12.4. The maximum absolute atomic E-state index is 5.88. The van der Waals surface area contributed by atoms with E-state index < -0.39 is 0 Å². The van der Waals surface area contributed by atoms with Crippen molar-refractivity contribution in [2.45, 2.75) is 24.6 Å². The Morgan fingerprint density at radius 1 is 1.11 bits per heavy atom. The molecule has 0 amide bonds. The number of rotatable bonds is 6. The number of unbranched alkanes of at least 4 members (excludes halogenated alkanes) is 2. The molecular formula is C17H17BrO. The van der Waals surface area contributed by atoms with Crippen LogP contribution in [0, 0.1) is 12.3 Å². The maximum Gasteiger partial charge on any atom is 0.123 e. The van der Waals surface area contributed by atoms with Crippen molar-refractivity contribution in [2.24, 2.45) is 0 Å². The van der Waals surface area contributed by atoms with E-state index in [0.717, 1.165) is 36.9 Å². The monoisotopic (exact) mass is 316 g/mol. The third-order valence-corrected chi connectivity index (χ3v) is 3.66. The molecule has 0 atom stereocenters. The Kier molecular flexibility index (Phi) is 5.30. The molecule has 19 heavy (non-hydrogen) atoms. The highest BCUT2D eigenvalue weighted by Crippen LogP contribution is 2.30. The van der Waals surface area contributed by atoms with Gasteiger partial charge in [0, 0.05) is 17.3 Å². The zero-order valence-electron chi connectivity index (χ0n) is 10.9. The minimum absolute atomic E-state index is 0.722. The highest BCUT2D eigenvalue weighted by atomic mass is 79.9. The number of benzene rings is 2. The lowest BCUT2D eigenvalue weighted by Crippen LogP contribution is -2.00. The predicted octanol–water partition coefficient (Wildman–Crippen LogP) is 4.92. The van der Waals surface area contributed by atoms with Gasteiger partial charge >= 0.3 is 0 Å². The smallest absolute Gasteiger partial charge is 0.123 e. The van der Waals surface area contributed by atoms with E-state index in [1.165, 1.54) is 16.3 Å². The van der Waals surface area contributed by atoms with Gasteiger partial charge in [0.25, 0.3) is 0 Å². The summed E-state index contributed by atoms with van der Waals surface area (Å²) in [5.74, 6) is 3.62. The number of alkyl halides is 1. The first-order valence-electron chi connectivity index (χ1n) is 6.49. The number of ether oxygens (including phenoxy) is 1. The summed E-state index contributed by atoms with van der Waals surface area (Å²) in [7, 11) is 0. The van der Waals surface area contributed by atoms with Gasteiger partial charge in [-0.05, 0) is 29.7 Å². The lowest BCUT2D eigenvalue weighted by molar-refractivity contribution is 0.306. The second kappa shape index (κ2) is 7.21. The average Bonchev–Trinajstić information content (AvgIpc) is 2.46. The molecule has 0 aromatic heterocycles. The van der Waals surface area contributed by atoms with Crippen LogP contribution in [0.2, 0.25) is 0 Å². The minimum atomic E-state index is 0.722. The fraction of sp³-hybridized carbons (Fsp3) is 0.294. The highest BCUT2D eigenvalue weighted by molar-refractivity contribution is 9.08. The fourth-order valence-corrected chi connectivity index (χ4v) is 2.68. The number of fused-ring (bicyclic) bond motifs is 1. The molecule has 2 aromatic carbocycles. The first-order chi connectivity index (χ1) is 9.36. The van der Waals surface area contributed by atoms with Crippen molar-refractivity contribution in [3.8, 4) is 18.1 Å². The Morgan fingerprint density at radius 3 is 2.74 bits per heavy atom. The van der Waals surface area contributed by atoms with E-state index in [-0.39, 0.29) is 0 Å². The number of terminal acetylenes is 1. The highest BCUT2D eigenvalue weighted by Gasteiger charge is 2.07. The lowest BCUT2D eigenvalue weighted by atomic mass is 10.0. The van der Waals surface area contributed by atoms with Crippen LogP contribution >= 0.6 is 15.9 Å². The Morgan fingerprint density at radius 2 is 1.95 bits per heavy atom. The van der Waals surface area contributed by atoms with E-state index in [2.05, 4.69) is 58.2 Å². The molecule has 0 aliphatic rings. The largest absolute Gasteiger partial charge is 0.493 e. The van der Waals surface area contributed by atoms with Gasteiger partial charge in [0.05, 0.1) is 6.61 Å². The number of hydrogen-bond acceptors (Lipinski definition) is 1. The van der Waals surface area contributed by atoms with E-state index in [9.17, 15) is 0 Å². The molecule has 2 rings (SSSR count). The van der Waals surface area contributed by atoms with Crippen molar-refractivity contribution in [3.05, 3.63) is 42.0 Å². The van der Waals surface area contributed by atoms with Gasteiger partial charge in [-0.25, -0.2) is 0 Å². The molecule has 0 fully saturated rings. The van der Waals surface area contributed by atoms with Gasteiger partial charge in [-0.1, -0.05) is 46.3 Å². The average molecular weight is 317 g/mol. The molecular weight excluding hydrogens is 300 g/mol. The Bertz CT molecular complexity index is 583. The quantitative estimate of drug-likeness (QED) is 0.417. The number of halogens is 1. The van der Waals surface area contributed by atoms with Crippen molar-refractivity contribution >= 4 is 26.7 Å². The molecule has 2 heteroatoms. The van der Waals surface area contributed by atoms with Crippen LogP contribution in [0.15, 0.2) is 36.4 Å². The second-order valence-electron chi connectivity index (χ2n) is 4.41. The molecule has 0 aliphatic heterocycles. The van der Waals surface area contributed by atoms with Crippen LogP contribution in [-0.4, -0.2) is 6.61 Å². The summed E-state index contributed by atoms with van der Waals surface area (Å²) < 4.78 is 5.88. The van der Waals surface area contributed by atoms with Crippen molar-refractivity contribution in [2.75, 3.05) is 6.61 Å². The molecule has 0 aliphatic carbocycles. The van der Waals surface area contributed by atoms with Gasteiger partial charge < -0.3 is 4.74 Å². The topological polar surface area (TPSA) is 9.23 Å². The van der Waals surface area contributed by atoms with E-state index in [1.807, 2.05) is 0 Å². The van der Waals surface area contributed by atoms with Crippen LogP contribution < -0.4 is 4.74 Å². The van der Waals surface area contributed by atoms with Crippen LogP contribution in [0.4, 0.5) is 0 Å². The molecule has 0 spiro atoms.